The van der Waals surface area contributed by atoms with Gasteiger partial charge in [0, 0.05) is 17.5 Å². The molecule has 2 aromatic rings. The summed E-state index contributed by atoms with van der Waals surface area (Å²) in [6.45, 7) is 4.24. The van der Waals surface area contributed by atoms with E-state index in [4.69, 9.17) is 4.74 Å². The van der Waals surface area contributed by atoms with E-state index < -0.39 is 0 Å². The topological polar surface area (TPSA) is 49.8 Å². The third-order valence-electron chi connectivity index (χ3n) is 6.76. The molecule has 0 spiro atoms. The summed E-state index contributed by atoms with van der Waals surface area (Å²) in [5.74, 6) is 0.814. The quantitative estimate of drug-likeness (QED) is 0.833. The molecule has 2 heterocycles. The van der Waals surface area contributed by atoms with E-state index in [1.807, 2.05) is 55.1 Å². The molecule has 0 aliphatic carbocycles. The number of fused-ring (bicyclic) bond motifs is 2. The minimum absolute atomic E-state index is 0.0387. The average molecular weight is 380 g/mol. The van der Waals surface area contributed by atoms with Gasteiger partial charge in [-0.3, -0.25) is 4.79 Å². The predicted molar refractivity (Wildman–Crippen MR) is 109 cm³/mol. The number of carbonyl (C=O) groups excluding carboxylic acids is 1. The number of aliphatic hydroxyl groups excluding tert-OH is 1. The van der Waals surface area contributed by atoms with Crippen LogP contribution in [0.2, 0.25) is 0 Å². The van der Waals surface area contributed by atoms with Crippen LogP contribution >= 0.6 is 0 Å². The van der Waals surface area contributed by atoms with E-state index in [1.54, 1.807) is 0 Å². The number of rotatable bonds is 6. The highest BCUT2D eigenvalue weighted by Crippen LogP contribution is 2.51. The molecular weight excluding hydrogens is 350 g/mol. The van der Waals surface area contributed by atoms with Crippen molar-refractivity contribution in [1.82, 2.24) is 4.90 Å². The molecule has 2 bridgehead atoms. The zero-order chi connectivity index (χ0) is 19.7. The lowest BCUT2D eigenvalue weighted by molar-refractivity contribution is -0.135. The minimum Gasteiger partial charge on any atom is -0.483 e. The van der Waals surface area contributed by atoms with Crippen LogP contribution in [0.15, 0.2) is 48.5 Å². The van der Waals surface area contributed by atoms with Crippen molar-refractivity contribution < 1.29 is 14.6 Å². The highest BCUT2D eigenvalue weighted by atomic mass is 16.5. The molecule has 4 rings (SSSR count). The van der Waals surface area contributed by atoms with Crippen molar-refractivity contribution in [2.45, 2.75) is 51.6 Å². The maximum Gasteiger partial charge on any atom is 0.261 e. The number of benzene rings is 2. The molecule has 0 radical (unpaired) electrons. The second kappa shape index (κ2) is 7.59. The van der Waals surface area contributed by atoms with Crippen LogP contribution < -0.4 is 4.74 Å². The Bertz CT molecular complexity index is 850. The maximum absolute atomic E-state index is 13.1. The van der Waals surface area contributed by atoms with Crippen molar-refractivity contribution in [3.8, 4) is 5.75 Å². The first-order valence-electron chi connectivity index (χ1n) is 10.2. The Morgan fingerprint density at radius 2 is 1.93 bits per heavy atom. The van der Waals surface area contributed by atoms with Gasteiger partial charge in [0.1, 0.15) is 5.75 Å². The summed E-state index contributed by atoms with van der Waals surface area (Å²) in [7, 11) is 0. The smallest absolute Gasteiger partial charge is 0.261 e. The van der Waals surface area contributed by atoms with Crippen molar-refractivity contribution in [3.05, 3.63) is 65.2 Å². The Hall–Kier alpha value is -2.33. The van der Waals surface area contributed by atoms with Crippen molar-refractivity contribution >= 4 is 5.91 Å². The van der Waals surface area contributed by atoms with E-state index >= 15 is 0 Å². The molecule has 0 aromatic heterocycles. The van der Waals surface area contributed by atoms with Gasteiger partial charge in [0.05, 0.1) is 6.61 Å². The molecule has 2 saturated heterocycles. The Morgan fingerprint density at radius 1 is 1.14 bits per heavy atom. The molecule has 0 saturated carbocycles. The van der Waals surface area contributed by atoms with Crippen LogP contribution in [0.5, 0.6) is 5.75 Å². The lowest BCUT2D eigenvalue weighted by Crippen LogP contribution is -2.45. The lowest BCUT2D eigenvalue weighted by Gasteiger charge is -2.36. The Morgan fingerprint density at radius 3 is 2.68 bits per heavy atom. The number of hydrogen-bond donors (Lipinski definition) is 1. The number of hydrogen-bond acceptors (Lipinski definition) is 3. The molecule has 4 nitrogen and oxygen atoms in total. The molecule has 2 aliphatic rings. The number of amides is 1. The molecule has 3 atom stereocenters. The first kappa shape index (κ1) is 19.0. The Labute approximate surface area is 167 Å². The fourth-order valence-electron chi connectivity index (χ4n) is 5.18. The van der Waals surface area contributed by atoms with Crippen molar-refractivity contribution in [2.24, 2.45) is 5.41 Å². The van der Waals surface area contributed by atoms with Gasteiger partial charge in [0.25, 0.3) is 5.91 Å². The van der Waals surface area contributed by atoms with E-state index in [0.717, 1.165) is 42.6 Å². The van der Waals surface area contributed by atoms with E-state index in [-0.39, 0.29) is 36.6 Å². The summed E-state index contributed by atoms with van der Waals surface area (Å²) in [5, 5.41) is 10.3. The van der Waals surface area contributed by atoms with Gasteiger partial charge >= 0.3 is 0 Å². The molecule has 28 heavy (non-hydrogen) atoms. The Balaban J connectivity index is 1.48. The van der Waals surface area contributed by atoms with Crippen LogP contribution in [0.3, 0.4) is 0 Å². The summed E-state index contributed by atoms with van der Waals surface area (Å²) in [5.41, 5.74) is 3.23. The van der Waals surface area contributed by atoms with Crippen LogP contribution in [-0.4, -0.2) is 41.2 Å². The summed E-state index contributed by atoms with van der Waals surface area (Å²) in [6.07, 6.45) is 3.68. The molecule has 2 aliphatic heterocycles. The summed E-state index contributed by atoms with van der Waals surface area (Å²) >= 11 is 0. The predicted octanol–water partition coefficient (Wildman–Crippen LogP) is 3.67. The highest BCUT2D eigenvalue weighted by Gasteiger charge is 2.56. The number of nitrogens with zero attached hydrogens (tertiary/aromatic N) is 1. The normalized spacial score (nSPS) is 25.9. The van der Waals surface area contributed by atoms with Gasteiger partial charge < -0.3 is 14.7 Å². The van der Waals surface area contributed by atoms with Crippen molar-refractivity contribution in [2.75, 3.05) is 13.2 Å². The fourth-order valence-corrected chi connectivity index (χ4v) is 5.18. The monoisotopic (exact) mass is 379 g/mol. The molecule has 0 unspecified atom stereocenters. The second-order valence-electron chi connectivity index (χ2n) is 8.42. The lowest BCUT2D eigenvalue weighted by atomic mass is 9.70. The van der Waals surface area contributed by atoms with Gasteiger partial charge in [-0.2, -0.15) is 0 Å². The maximum atomic E-state index is 13.1. The number of aryl methyl sites for hydroxylation is 1. The van der Waals surface area contributed by atoms with Crippen LogP contribution in [0.25, 0.3) is 0 Å². The SMILES string of the molecule is Cc1cccc(OCC(=O)N2[C@H]3CC[C@@H]2[C@@](CO)(Cc2ccccc2)C3)c1C. The molecule has 2 fully saturated rings. The molecule has 1 N–H and O–H groups in total. The molecule has 2 aromatic carbocycles. The first-order valence-corrected chi connectivity index (χ1v) is 10.2. The van der Waals surface area contributed by atoms with Crippen molar-refractivity contribution in [1.29, 1.82) is 0 Å². The summed E-state index contributed by atoms with van der Waals surface area (Å²) in [4.78, 5) is 15.1. The van der Waals surface area contributed by atoms with E-state index in [0.29, 0.717) is 0 Å². The zero-order valence-corrected chi connectivity index (χ0v) is 16.7. The third kappa shape index (κ3) is 3.30. The largest absolute Gasteiger partial charge is 0.483 e. The van der Waals surface area contributed by atoms with E-state index in [1.165, 1.54) is 5.56 Å². The third-order valence-corrected chi connectivity index (χ3v) is 6.76. The Kier molecular flexibility index (Phi) is 5.15. The highest BCUT2D eigenvalue weighted by molar-refractivity contribution is 5.79. The molecule has 4 heteroatoms. The standard InChI is InChI=1S/C24H29NO3/c1-17-7-6-10-21(18(17)2)28-15-23(27)25-20-11-12-22(25)24(14-20,16-26)13-19-8-4-3-5-9-19/h3-10,20,22,26H,11-16H2,1-2H3/t20-,22+,24-/m0/s1. The fraction of sp³-hybridized carbons (Fsp3) is 0.458. The van der Waals surface area contributed by atoms with Gasteiger partial charge in [0.2, 0.25) is 0 Å². The zero-order valence-electron chi connectivity index (χ0n) is 16.7. The van der Waals surface area contributed by atoms with Gasteiger partial charge in [-0.25, -0.2) is 0 Å². The molecular formula is C24H29NO3. The number of ether oxygens (including phenoxy) is 1. The van der Waals surface area contributed by atoms with Crippen LogP contribution in [0.1, 0.15) is 36.0 Å². The van der Waals surface area contributed by atoms with Gasteiger partial charge in [-0.05, 0) is 62.3 Å². The van der Waals surface area contributed by atoms with Gasteiger partial charge in [-0.1, -0.05) is 42.5 Å². The van der Waals surface area contributed by atoms with E-state index in [9.17, 15) is 9.90 Å². The minimum atomic E-state index is -0.237. The summed E-state index contributed by atoms with van der Waals surface area (Å²) in [6, 6.07) is 16.5. The van der Waals surface area contributed by atoms with Crippen molar-refractivity contribution in [3.63, 3.8) is 0 Å². The van der Waals surface area contributed by atoms with Crippen LogP contribution in [-0.2, 0) is 11.2 Å². The van der Waals surface area contributed by atoms with Gasteiger partial charge in [-0.15, -0.1) is 0 Å². The first-order chi connectivity index (χ1) is 13.5. The number of aliphatic hydroxyl groups is 1. The van der Waals surface area contributed by atoms with Crippen LogP contribution in [0.4, 0.5) is 0 Å². The molecule has 148 valence electrons. The van der Waals surface area contributed by atoms with Crippen LogP contribution in [0, 0.1) is 19.3 Å². The second-order valence-corrected chi connectivity index (χ2v) is 8.42. The summed E-state index contributed by atoms with van der Waals surface area (Å²) < 4.78 is 5.88. The molecule has 1 amide bonds. The van der Waals surface area contributed by atoms with Gasteiger partial charge in [0.15, 0.2) is 6.61 Å². The number of carbonyl (C=O) groups is 1. The average Bonchev–Trinajstić information content (AvgIpc) is 3.26. The van der Waals surface area contributed by atoms with E-state index in [2.05, 4.69) is 12.1 Å².